The number of amides is 1. The third-order valence-corrected chi connectivity index (χ3v) is 12.3. The number of hydrogen-bond acceptors (Lipinski definition) is 7. The minimum Gasteiger partial charge on any atom is -0.480 e. The molecule has 2 N–H and O–H groups in total. The number of carbonyl (C=O) groups excluding carboxylic acids is 1. The zero-order chi connectivity index (χ0) is 53.9. The van der Waals surface area contributed by atoms with Crippen molar-refractivity contribution in [1.82, 2.24) is 5.32 Å². The van der Waals surface area contributed by atoms with E-state index in [4.69, 9.17) is 4.74 Å². The van der Waals surface area contributed by atoms with Crippen LogP contribution < -0.4 is 24.3 Å². The van der Waals surface area contributed by atoms with Crippen LogP contribution in [0.5, 0.6) is 23.0 Å². The third-order valence-electron chi connectivity index (χ3n) is 10.6. The van der Waals surface area contributed by atoms with Gasteiger partial charge in [-0.05, 0) is 94.4 Å². The summed E-state index contributed by atoms with van der Waals surface area (Å²) in [6.07, 6.45) is -21.3. The van der Waals surface area contributed by atoms with E-state index in [1.165, 1.54) is 48.5 Å². The number of hydrogen-bond donors (Lipinski definition) is 2. The molecule has 9 nitrogen and oxygen atoms in total. The molecule has 22 heteroatoms. The Morgan fingerprint density at radius 1 is 0.466 bits per heavy atom. The van der Waals surface area contributed by atoms with E-state index < -0.39 is 79.5 Å². The fraction of sp³-hybridized carbons (Fsp3) is 0.255. The highest BCUT2D eigenvalue weighted by atomic mass is 28.3. The van der Waals surface area contributed by atoms with Gasteiger partial charge in [0.25, 0.3) is 0 Å². The fourth-order valence-electron chi connectivity index (χ4n) is 7.55. The van der Waals surface area contributed by atoms with Gasteiger partial charge in [0.05, 0.1) is 12.1 Å². The van der Waals surface area contributed by atoms with E-state index in [1.54, 1.807) is 60.7 Å². The maximum Gasteiger partial charge on any atom is 0.573 e. The molecule has 6 aromatic rings. The van der Waals surface area contributed by atoms with Crippen molar-refractivity contribution in [3.8, 4) is 23.0 Å². The van der Waals surface area contributed by atoms with Gasteiger partial charge in [-0.25, -0.2) is 4.79 Å². The molecule has 0 saturated carbocycles. The molecule has 0 saturated heterocycles. The normalized spacial score (nSPS) is 12.4. The second kappa shape index (κ2) is 23.0. The molecule has 0 atom stereocenters. The van der Waals surface area contributed by atoms with Gasteiger partial charge >= 0.3 is 37.5 Å². The van der Waals surface area contributed by atoms with Crippen LogP contribution in [0.4, 0.5) is 57.5 Å². The Morgan fingerprint density at radius 2 is 0.795 bits per heavy atom. The number of nitrogens with one attached hydrogen (secondary N) is 1. The van der Waals surface area contributed by atoms with Crippen LogP contribution in [0.25, 0.3) is 0 Å². The minimum absolute atomic E-state index is 0.0537. The van der Waals surface area contributed by atoms with Gasteiger partial charge in [-0.2, -0.15) is 0 Å². The molecule has 0 heterocycles. The van der Waals surface area contributed by atoms with Crippen molar-refractivity contribution in [2.75, 3.05) is 6.61 Å². The highest BCUT2D eigenvalue weighted by Crippen LogP contribution is 2.42. The fourth-order valence-corrected chi connectivity index (χ4v) is 8.27. The third kappa shape index (κ3) is 17.4. The topological polar surface area (TPSA) is 113 Å². The number of alkyl carbamates (subject to hydrolysis) is 1. The molecule has 0 aliphatic heterocycles. The average molecular weight is 1060 g/mol. The Kier molecular flexibility index (Phi) is 17.8. The van der Waals surface area contributed by atoms with Crippen molar-refractivity contribution in [2.45, 2.75) is 74.9 Å². The Morgan fingerprint density at radius 3 is 1.12 bits per heavy atom. The van der Waals surface area contributed by atoms with Gasteiger partial charge in [-0.15, -0.1) is 52.7 Å². The van der Waals surface area contributed by atoms with Gasteiger partial charge in [0.1, 0.15) is 28.4 Å². The molecule has 0 spiro atoms. The monoisotopic (exact) mass is 1060 g/mol. The average Bonchev–Trinajstić information content (AvgIpc) is 3.26. The lowest BCUT2D eigenvalue weighted by Crippen LogP contribution is -2.49. The molecule has 73 heavy (non-hydrogen) atoms. The molecule has 0 bridgehead atoms. The summed E-state index contributed by atoms with van der Waals surface area (Å²) in [5, 5.41) is 13.1. The van der Waals surface area contributed by atoms with Crippen LogP contribution in [-0.2, 0) is 33.3 Å². The lowest BCUT2D eigenvalue weighted by molar-refractivity contribution is -0.275. The number of carboxylic acid groups (broad SMARTS) is 1. The largest absolute Gasteiger partial charge is 0.573 e. The molecule has 6 rings (SSSR count). The molecule has 0 fully saturated rings. The van der Waals surface area contributed by atoms with E-state index in [1.807, 2.05) is 0 Å². The number of benzene rings is 6. The second-order valence-electron chi connectivity index (χ2n) is 17.3. The van der Waals surface area contributed by atoms with Gasteiger partial charge in [0.2, 0.25) is 0 Å². The number of halogens is 12. The lowest BCUT2D eigenvalue weighted by Gasteiger charge is -2.36. The highest BCUT2D eigenvalue weighted by molar-refractivity contribution is 6.76. The van der Waals surface area contributed by atoms with Crippen LogP contribution in [-0.4, -0.2) is 57.3 Å². The first-order valence-corrected chi connectivity index (χ1v) is 25.4. The Hall–Kier alpha value is -7.36. The first kappa shape index (κ1) is 56.5. The zero-order valence-electron chi connectivity index (χ0n) is 38.7. The number of carboxylic acids is 1. The summed E-state index contributed by atoms with van der Waals surface area (Å²) in [5.74, 6) is -3.96. The van der Waals surface area contributed by atoms with Gasteiger partial charge in [0, 0.05) is 14.5 Å². The first-order chi connectivity index (χ1) is 33.9. The lowest BCUT2D eigenvalue weighted by atomic mass is 9.70. The van der Waals surface area contributed by atoms with Gasteiger partial charge in [0.15, 0.2) is 0 Å². The maximum absolute atomic E-state index is 13.2. The summed E-state index contributed by atoms with van der Waals surface area (Å²) >= 11 is 0. The van der Waals surface area contributed by atoms with E-state index in [0.717, 1.165) is 48.5 Å². The molecular formula is C51H45F12NO8Si. The predicted octanol–water partition coefficient (Wildman–Crippen LogP) is 14.1. The predicted molar refractivity (Wildman–Crippen MR) is 245 cm³/mol. The van der Waals surface area contributed by atoms with E-state index in [9.17, 15) is 67.4 Å². The SMILES string of the molecule is C[Si](C)(C)CCOC(=O)NC(Cc1ccccc1)(c1cccc(OC(F)(F)F)c1)c1cccc(OC(F)(F)F)c1.O=C(O)C(Cc1ccccc1)(c1cccc(OC(F)(F)F)c1)c1cccc(OC(F)(F)F)c1. The van der Waals surface area contributed by atoms with E-state index in [-0.39, 0.29) is 41.7 Å². The Labute approximate surface area is 411 Å². The number of ether oxygens (including phenoxy) is 5. The molecule has 0 unspecified atom stereocenters. The molecule has 0 radical (unpaired) electrons. The molecule has 0 aromatic heterocycles. The molecule has 6 aromatic carbocycles. The summed E-state index contributed by atoms with van der Waals surface area (Å²) in [6, 6.07) is 36.0. The minimum atomic E-state index is -5.02. The van der Waals surface area contributed by atoms with Crippen LogP contribution in [0.1, 0.15) is 33.4 Å². The molecular weight excluding hydrogens is 1010 g/mol. The van der Waals surface area contributed by atoms with Gasteiger partial charge < -0.3 is 34.1 Å². The first-order valence-electron chi connectivity index (χ1n) is 21.7. The van der Waals surface area contributed by atoms with Crippen molar-refractivity contribution in [1.29, 1.82) is 0 Å². The van der Waals surface area contributed by atoms with E-state index in [0.29, 0.717) is 17.2 Å². The molecule has 0 aliphatic rings. The highest BCUT2D eigenvalue weighted by Gasteiger charge is 2.45. The maximum atomic E-state index is 13.2. The standard InChI is InChI=1S/C28H29F6NO4Si.C23H16F6O4/c1-40(2,3)16-15-37-25(36)35-26(19-20-9-5-4-6-10-20,21-11-7-13-23(17-21)38-27(29,30)31)22-12-8-14-24(18-22)39-28(32,33)34;24-22(25,26)32-18-10-4-8-16(12-18)21(20(30)31,14-15-6-2-1-3-7-15)17-9-5-11-19(13-17)33-23(27,28)29/h4-14,17-18H,15-16,19H2,1-3H3,(H,35,36);1-13H,14H2,(H,30,31). The van der Waals surface area contributed by atoms with Crippen LogP contribution >= 0.6 is 0 Å². The number of rotatable bonds is 17. The number of carbonyl (C=O) groups is 2. The van der Waals surface area contributed by atoms with E-state index in [2.05, 4.69) is 43.9 Å². The summed E-state index contributed by atoms with van der Waals surface area (Å²) in [5.41, 5.74) is -2.63. The van der Waals surface area contributed by atoms with Crippen molar-refractivity contribution in [3.05, 3.63) is 191 Å². The van der Waals surface area contributed by atoms with Crippen molar-refractivity contribution >= 4 is 20.1 Å². The van der Waals surface area contributed by atoms with Crippen molar-refractivity contribution in [3.63, 3.8) is 0 Å². The van der Waals surface area contributed by atoms with Crippen LogP contribution in [0.3, 0.4) is 0 Å². The van der Waals surface area contributed by atoms with Gasteiger partial charge in [-0.3, -0.25) is 4.79 Å². The van der Waals surface area contributed by atoms with Crippen LogP contribution in [0, 0.1) is 0 Å². The van der Waals surface area contributed by atoms with Crippen LogP contribution in [0.2, 0.25) is 25.7 Å². The number of alkyl halides is 12. The quantitative estimate of drug-likeness (QED) is 0.0686. The van der Waals surface area contributed by atoms with E-state index >= 15 is 0 Å². The summed E-state index contributed by atoms with van der Waals surface area (Å²) in [4.78, 5) is 25.9. The summed E-state index contributed by atoms with van der Waals surface area (Å²) in [7, 11) is -1.58. The smallest absolute Gasteiger partial charge is 0.480 e. The Balaban J connectivity index is 0.000000276. The summed E-state index contributed by atoms with van der Waals surface area (Å²) in [6.45, 7) is 6.36. The van der Waals surface area contributed by atoms with Crippen molar-refractivity contribution < 1.29 is 91.1 Å². The summed E-state index contributed by atoms with van der Waals surface area (Å²) < 4.78 is 176. The number of aliphatic carboxylic acids is 1. The van der Waals surface area contributed by atoms with Gasteiger partial charge in [-0.1, -0.05) is 129 Å². The van der Waals surface area contributed by atoms with Crippen molar-refractivity contribution in [2.24, 2.45) is 0 Å². The van der Waals surface area contributed by atoms with Crippen LogP contribution in [0.15, 0.2) is 158 Å². The Bertz CT molecular complexity index is 2640. The molecule has 0 aliphatic carbocycles. The second-order valence-corrected chi connectivity index (χ2v) is 22.9. The molecule has 1 amide bonds. The zero-order valence-corrected chi connectivity index (χ0v) is 39.7. The molecule has 390 valence electrons.